The highest BCUT2D eigenvalue weighted by molar-refractivity contribution is 7.13. The van der Waals surface area contributed by atoms with Crippen LogP contribution >= 0.6 is 11.3 Å². The Morgan fingerprint density at radius 2 is 1.67 bits per heavy atom. The highest BCUT2D eigenvalue weighted by Crippen LogP contribution is 2.24. The van der Waals surface area contributed by atoms with Crippen LogP contribution in [-0.4, -0.2) is 34.2 Å². The lowest BCUT2D eigenvalue weighted by Crippen LogP contribution is -2.32. The van der Waals surface area contributed by atoms with Crippen LogP contribution < -0.4 is 5.32 Å². The molecule has 0 saturated heterocycles. The van der Waals surface area contributed by atoms with Gasteiger partial charge in [0.25, 0.3) is 11.8 Å². The van der Waals surface area contributed by atoms with E-state index in [1.807, 2.05) is 17.5 Å². The Morgan fingerprint density at radius 1 is 1.00 bits per heavy atom. The van der Waals surface area contributed by atoms with E-state index in [4.69, 9.17) is 0 Å². The smallest absolute Gasteiger partial charge is 0.261 e. The lowest BCUT2D eigenvalue weighted by Gasteiger charge is -2.13. The van der Waals surface area contributed by atoms with Gasteiger partial charge in [-0.15, -0.1) is 11.3 Å². The van der Waals surface area contributed by atoms with Crippen molar-refractivity contribution in [3.63, 3.8) is 0 Å². The van der Waals surface area contributed by atoms with Gasteiger partial charge in [-0.25, -0.2) is 4.98 Å². The van der Waals surface area contributed by atoms with Crippen molar-refractivity contribution in [2.24, 2.45) is 0 Å². The molecule has 0 spiro atoms. The van der Waals surface area contributed by atoms with E-state index in [9.17, 15) is 14.4 Å². The van der Waals surface area contributed by atoms with E-state index in [1.165, 1.54) is 0 Å². The number of hydrogen-bond acceptors (Lipinski definition) is 5. The summed E-state index contributed by atoms with van der Waals surface area (Å²) in [5.74, 6) is -0.957. The zero-order valence-electron chi connectivity index (χ0n) is 14.2. The van der Waals surface area contributed by atoms with Gasteiger partial charge < -0.3 is 5.32 Å². The number of nitrogens with one attached hydrogen (secondary N) is 1. The molecule has 134 valence electrons. The third-order valence-electron chi connectivity index (χ3n) is 4.29. The summed E-state index contributed by atoms with van der Waals surface area (Å²) in [5.41, 5.74) is 2.41. The topological polar surface area (TPSA) is 79.4 Å². The van der Waals surface area contributed by atoms with Crippen molar-refractivity contribution in [2.45, 2.75) is 6.42 Å². The fourth-order valence-corrected chi connectivity index (χ4v) is 3.59. The number of benzene rings is 2. The Morgan fingerprint density at radius 3 is 2.26 bits per heavy atom. The number of thiazole rings is 1. The summed E-state index contributed by atoms with van der Waals surface area (Å²) in [4.78, 5) is 42.2. The summed E-state index contributed by atoms with van der Waals surface area (Å²) in [6.07, 6.45) is 1.79. The highest BCUT2D eigenvalue weighted by atomic mass is 32.1. The Balaban J connectivity index is 1.35. The molecule has 1 N–H and O–H groups in total. The molecule has 3 aromatic rings. The largest absolute Gasteiger partial charge is 0.326 e. The van der Waals surface area contributed by atoms with Crippen molar-refractivity contribution in [3.05, 3.63) is 71.2 Å². The van der Waals surface area contributed by atoms with E-state index in [1.54, 1.807) is 53.9 Å². The summed E-state index contributed by atoms with van der Waals surface area (Å²) >= 11 is 1.55. The molecule has 0 bridgehead atoms. The van der Waals surface area contributed by atoms with Crippen LogP contribution in [-0.2, 0) is 4.79 Å². The van der Waals surface area contributed by atoms with Crippen LogP contribution in [0.25, 0.3) is 10.6 Å². The highest BCUT2D eigenvalue weighted by Gasteiger charge is 2.34. The molecule has 0 unspecified atom stereocenters. The van der Waals surface area contributed by atoms with Crippen LogP contribution in [0.3, 0.4) is 0 Å². The van der Waals surface area contributed by atoms with Gasteiger partial charge in [0.15, 0.2) is 0 Å². The van der Waals surface area contributed by atoms with Gasteiger partial charge >= 0.3 is 0 Å². The predicted molar refractivity (Wildman–Crippen MR) is 103 cm³/mol. The van der Waals surface area contributed by atoms with Crippen molar-refractivity contribution >= 4 is 34.7 Å². The van der Waals surface area contributed by atoms with Crippen LogP contribution in [0.5, 0.6) is 0 Å². The molecule has 1 aromatic heterocycles. The minimum absolute atomic E-state index is 0.0414. The quantitative estimate of drug-likeness (QED) is 0.691. The van der Waals surface area contributed by atoms with Gasteiger partial charge in [-0.1, -0.05) is 12.1 Å². The molecule has 6 nitrogen and oxygen atoms in total. The molecular formula is C20H15N3O3S. The van der Waals surface area contributed by atoms with E-state index in [-0.39, 0.29) is 30.7 Å². The molecule has 27 heavy (non-hydrogen) atoms. The Bertz CT molecular complexity index is 978. The molecule has 1 aliphatic rings. The van der Waals surface area contributed by atoms with Crippen LogP contribution in [0.2, 0.25) is 0 Å². The predicted octanol–water partition coefficient (Wildman–Crippen LogP) is 3.43. The van der Waals surface area contributed by atoms with Gasteiger partial charge in [0.05, 0.1) is 11.1 Å². The molecular weight excluding hydrogens is 362 g/mol. The second kappa shape index (κ2) is 7.13. The zero-order valence-corrected chi connectivity index (χ0v) is 15.0. The van der Waals surface area contributed by atoms with Gasteiger partial charge in [0.2, 0.25) is 5.91 Å². The number of anilines is 1. The van der Waals surface area contributed by atoms with Crippen LogP contribution in [0, 0.1) is 0 Å². The first-order valence-corrected chi connectivity index (χ1v) is 9.26. The van der Waals surface area contributed by atoms with Gasteiger partial charge in [0, 0.05) is 35.8 Å². The summed E-state index contributed by atoms with van der Waals surface area (Å²) in [5, 5.41) is 5.61. The van der Waals surface area contributed by atoms with Crippen molar-refractivity contribution in [3.8, 4) is 10.6 Å². The minimum Gasteiger partial charge on any atom is -0.326 e. The maximum Gasteiger partial charge on any atom is 0.261 e. The molecule has 3 amide bonds. The van der Waals surface area contributed by atoms with Crippen molar-refractivity contribution in [1.29, 1.82) is 0 Å². The molecule has 2 heterocycles. The molecule has 0 fully saturated rings. The van der Waals surface area contributed by atoms with Crippen molar-refractivity contribution < 1.29 is 14.4 Å². The van der Waals surface area contributed by atoms with Gasteiger partial charge in [0.1, 0.15) is 5.01 Å². The minimum atomic E-state index is -0.351. The normalized spacial score (nSPS) is 13.0. The maximum absolute atomic E-state index is 12.3. The Labute approximate surface area is 159 Å². The summed E-state index contributed by atoms with van der Waals surface area (Å²) < 4.78 is 0. The number of rotatable bonds is 5. The van der Waals surface area contributed by atoms with Crippen LogP contribution in [0.15, 0.2) is 60.1 Å². The summed E-state index contributed by atoms with van der Waals surface area (Å²) in [7, 11) is 0. The third-order valence-corrected chi connectivity index (χ3v) is 5.11. The lowest BCUT2D eigenvalue weighted by atomic mass is 10.1. The van der Waals surface area contributed by atoms with Gasteiger partial charge in [-0.3, -0.25) is 19.3 Å². The number of imide groups is 1. The fourth-order valence-electron chi connectivity index (χ4n) is 2.94. The number of carbonyl (C=O) groups is 3. The van der Waals surface area contributed by atoms with Gasteiger partial charge in [-0.2, -0.15) is 0 Å². The second-order valence-corrected chi connectivity index (χ2v) is 6.91. The first-order valence-electron chi connectivity index (χ1n) is 8.38. The first kappa shape index (κ1) is 17.1. The average Bonchev–Trinajstić information content (AvgIpc) is 3.30. The molecule has 0 atom stereocenters. The van der Waals surface area contributed by atoms with E-state index >= 15 is 0 Å². The van der Waals surface area contributed by atoms with Crippen LogP contribution in [0.4, 0.5) is 5.69 Å². The van der Waals surface area contributed by atoms with E-state index in [0.29, 0.717) is 16.8 Å². The van der Waals surface area contributed by atoms with Crippen molar-refractivity contribution in [1.82, 2.24) is 9.88 Å². The Hall–Kier alpha value is -3.32. The van der Waals surface area contributed by atoms with E-state index in [2.05, 4.69) is 10.3 Å². The number of fused-ring (bicyclic) bond motifs is 1. The molecule has 1 aliphatic heterocycles. The fraction of sp³-hybridized carbons (Fsp3) is 0.100. The molecule has 4 rings (SSSR count). The molecule has 7 heteroatoms. The number of carbonyl (C=O) groups excluding carboxylic acids is 3. The monoisotopic (exact) mass is 377 g/mol. The SMILES string of the molecule is O=C(CCN1C(=O)c2ccccc2C1=O)Nc1ccc(-c2nccs2)cc1. The number of aromatic nitrogens is 1. The molecule has 0 saturated carbocycles. The maximum atomic E-state index is 12.3. The summed E-state index contributed by atoms with van der Waals surface area (Å²) in [6.45, 7) is 0.0510. The molecule has 2 aromatic carbocycles. The number of amides is 3. The second-order valence-electron chi connectivity index (χ2n) is 6.02. The van der Waals surface area contributed by atoms with Crippen LogP contribution in [0.1, 0.15) is 27.1 Å². The van der Waals surface area contributed by atoms with E-state index < -0.39 is 0 Å². The lowest BCUT2D eigenvalue weighted by molar-refractivity contribution is -0.116. The number of hydrogen-bond donors (Lipinski definition) is 1. The first-order chi connectivity index (χ1) is 13.1. The molecule has 0 radical (unpaired) electrons. The number of nitrogens with zero attached hydrogens (tertiary/aromatic N) is 2. The molecule has 0 aliphatic carbocycles. The average molecular weight is 377 g/mol. The third kappa shape index (κ3) is 3.37. The Kier molecular flexibility index (Phi) is 4.52. The van der Waals surface area contributed by atoms with Gasteiger partial charge in [-0.05, 0) is 36.4 Å². The van der Waals surface area contributed by atoms with Crippen molar-refractivity contribution in [2.75, 3.05) is 11.9 Å². The zero-order chi connectivity index (χ0) is 18.8. The standard InChI is InChI=1S/C20H15N3O3S/c24-17(22-14-7-5-13(6-8-14)18-21-10-12-27-18)9-11-23-19(25)15-3-1-2-4-16(15)20(23)26/h1-8,10,12H,9,11H2,(H,22,24). The van der Waals surface area contributed by atoms with E-state index in [0.717, 1.165) is 15.5 Å². The summed E-state index contributed by atoms with van der Waals surface area (Å²) in [6, 6.07) is 14.1.